The molecule has 0 amide bonds. The van der Waals surface area contributed by atoms with Gasteiger partial charge < -0.3 is 14.6 Å². The summed E-state index contributed by atoms with van der Waals surface area (Å²) in [6.45, 7) is 7.72. The number of aliphatic hydroxyl groups is 1. The number of likely N-dealkylation sites (tertiary alicyclic amines) is 1. The van der Waals surface area contributed by atoms with Gasteiger partial charge in [0.05, 0.1) is 6.10 Å². The SMILES string of the molecule is CCn1cnnc1[C@H]1CCCN(C[C@@H](C)O)C1. The molecule has 1 fully saturated rings. The van der Waals surface area contributed by atoms with E-state index in [0.29, 0.717) is 5.92 Å². The van der Waals surface area contributed by atoms with E-state index in [4.69, 9.17) is 0 Å². The van der Waals surface area contributed by atoms with Gasteiger partial charge in [-0.1, -0.05) is 0 Å². The van der Waals surface area contributed by atoms with Gasteiger partial charge in [-0.25, -0.2) is 0 Å². The lowest BCUT2D eigenvalue weighted by Crippen LogP contribution is -2.39. The first kappa shape index (κ1) is 12.5. The molecule has 1 N–H and O–H groups in total. The summed E-state index contributed by atoms with van der Waals surface area (Å²) < 4.78 is 2.12. The van der Waals surface area contributed by atoms with E-state index in [1.165, 1.54) is 12.8 Å². The molecule has 2 rings (SSSR count). The number of aromatic nitrogens is 3. The molecule has 0 aromatic carbocycles. The third kappa shape index (κ3) is 3.04. The number of aryl methyl sites for hydroxylation is 1. The topological polar surface area (TPSA) is 54.2 Å². The van der Waals surface area contributed by atoms with Crippen molar-refractivity contribution >= 4 is 0 Å². The Morgan fingerprint density at radius 2 is 2.41 bits per heavy atom. The van der Waals surface area contributed by atoms with Crippen LogP contribution in [-0.2, 0) is 6.54 Å². The Morgan fingerprint density at radius 3 is 3.12 bits per heavy atom. The summed E-state index contributed by atoms with van der Waals surface area (Å²) in [7, 11) is 0. The van der Waals surface area contributed by atoms with E-state index in [0.717, 1.165) is 32.0 Å². The van der Waals surface area contributed by atoms with Crippen LogP contribution in [0, 0.1) is 0 Å². The first-order valence-electron chi connectivity index (χ1n) is 6.48. The van der Waals surface area contributed by atoms with Gasteiger partial charge in [-0.2, -0.15) is 0 Å². The molecule has 1 aliphatic rings. The van der Waals surface area contributed by atoms with Gasteiger partial charge in [0.2, 0.25) is 0 Å². The summed E-state index contributed by atoms with van der Waals surface area (Å²) in [4.78, 5) is 2.33. The molecular weight excluding hydrogens is 216 g/mol. The summed E-state index contributed by atoms with van der Waals surface area (Å²) in [5, 5.41) is 17.7. The zero-order chi connectivity index (χ0) is 12.3. The van der Waals surface area contributed by atoms with Gasteiger partial charge in [0.25, 0.3) is 0 Å². The van der Waals surface area contributed by atoms with Crippen LogP contribution in [0.1, 0.15) is 38.4 Å². The Morgan fingerprint density at radius 1 is 1.59 bits per heavy atom. The van der Waals surface area contributed by atoms with Crippen LogP contribution in [0.3, 0.4) is 0 Å². The van der Waals surface area contributed by atoms with E-state index in [1.807, 2.05) is 13.3 Å². The van der Waals surface area contributed by atoms with Crippen LogP contribution in [-0.4, -0.2) is 50.5 Å². The van der Waals surface area contributed by atoms with Crippen LogP contribution >= 0.6 is 0 Å². The second-order valence-corrected chi connectivity index (χ2v) is 4.92. The molecule has 17 heavy (non-hydrogen) atoms. The molecule has 0 radical (unpaired) electrons. The molecule has 1 aromatic rings. The quantitative estimate of drug-likeness (QED) is 0.845. The van der Waals surface area contributed by atoms with Crippen molar-refractivity contribution in [2.24, 2.45) is 0 Å². The summed E-state index contributed by atoms with van der Waals surface area (Å²) in [6, 6.07) is 0. The highest BCUT2D eigenvalue weighted by Crippen LogP contribution is 2.25. The fourth-order valence-electron chi connectivity index (χ4n) is 2.63. The first-order chi connectivity index (χ1) is 8.20. The highest BCUT2D eigenvalue weighted by atomic mass is 16.3. The van der Waals surface area contributed by atoms with Crippen molar-refractivity contribution in [3.8, 4) is 0 Å². The Bertz CT molecular complexity index is 350. The number of hydrogen-bond donors (Lipinski definition) is 1. The lowest BCUT2D eigenvalue weighted by Gasteiger charge is -2.32. The molecule has 1 aromatic heterocycles. The molecule has 2 atom stereocenters. The molecule has 0 spiro atoms. The number of β-amino-alcohol motifs (C(OH)–C–C–N with tert-alkyl or cyclic N) is 1. The Labute approximate surface area is 102 Å². The minimum atomic E-state index is -0.252. The van der Waals surface area contributed by atoms with Gasteiger partial charge in [-0.05, 0) is 33.2 Å². The predicted octanol–water partition coefficient (Wildman–Crippen LogP) is 0.858. The van der Waals surface area contributed by atoms with Gasteiger partial charge in [0.15, 0.2) is 0 Å². The number of nitrogens with zero attached hydrogens (tertiary/aromatic N) is 4. The van der Waals surface area contributed by atoms with Crippen LogP contribution in [0.2, 0.25) is 0 Å². The molecule has 5 nitrogen and oxygen atoms in total. The average Bonchev–Trinajstić information content (AvgIpc) is 2.76. The zero-order valence-corrected chi connectivity index (χ0v) is 10.7. The number of rotatable bonds is 4. The molecular formula is C12H22N4O. The van der Waals surface area contributed by atoms with E-state index < -0.39 is 0 Å². The molecule has 1 aliphatic heterocycles. The van der Waals surface area contributed by atoms with Crippen molar-refractivity contribution in [2.75, 3.05) is 19.6 Å². The lowest BCUT2D eigenvalue weighted by molar-refractivity contribution is 0.105. The summed E-state index contributed by atoms with van der Waals surface area (Å²) in [5.74, 6) is 1.56. The monoisotopic (exact) mass is 238 g/mol. The third-order valence-electron chi connectivity index (χ3n) is 3.38. The van der Waals surface area contributed by atoms with Crippen LogP contribution in [0.15, 0.2) is 6.33 Å². The Balaban J connectivity index is 2.02. The standard InChI is InChI=1S/C12H22N4O/c1-3-16-9-13-14-12(16)11-5-4-6-15(8-11)7-10(2)17/h9-11,17H,3-8H2,1-2H3/t10-,11+/m1/s1. The first-order valence-corrected chi connectivity index (χ1v) is 6.48. The van der Waals surface area contributed by atoms with E-state index in [1.54, 1.807) is 0 Å². The molecule has 5 heteroatoms. The predicted molar refractivity (Wildman–Crippen MR) is 65.8 cm³/mol. The second-order valence-electron chi connectivity index (χ2n) is 4.92. The smallest absolute Gasteiger partial charge is 0.137 e. The average molecular weight is 238 g/mol. The van der Waals surface area contributed by atoms with Crippen molar-refractivity contribution in [3.63, 3.8) is 0 Å². The van der Waals surface area contributed by atoms with Crippen LogP contribution in [0.4, 0.5) is 0 Å². The van der Waals surface area contributed by atoms with Crippen LogP contribution in [0.25, 0.3) is 0 Å². The van der Waals surface area contributed by atoms with Crippen LogP contribution < -0.4 is 0 Å². The molecule has 0 bridgehead atoms. The summed E-state index contributed by atoms with van der Waals surface area (Å²) in [5.41, 5.74) is 0. The maximum absolute atomic E-state index is 9.45. The highest BCUT2D eigenvalue weighted by molar-refractivity contribution is 4.99. The fraction of sp³-hybridized carbons (Fsp3) is 0.833. The van der Waals surface area contributed by atoms with Crippen molar-refractivity contribution in [2.45, 2.75) is 45.3 Å². The normalized spacial score (nSPS) is 23.8. The van der Waals surface area contributed by atoms with Gasteiger partial charge in [-0.3, -0.25) is 0 Å². The maximum atomic E-state index is 9.45. The second kappa shape index (κ2) is 5.60. The van der Waals surface area contributed by atoms with Gasteiger partial charge in [-0.15, -0.1) is 10.2 Å². The lowest BCUT2D eigenvalue weighted by atomic mass is 9.97. The highest BCUT2D eigenvalue weighted by Gasteiger charge is 2.25. The molecule has 2 heterocycles. The Kier molecular flexibility index (Phi) is 4.12. The van der Waals surface area contributed by atoms with E-state index in [-0.39, 0.29) is 6.10 Å². The van der Waals surface area contributed by atoms with E-state index in [2.05, 4.69) is 26.6 Å². The third-order valence-corrected chi connectivity index (χ3v) is 3.38. The van der Waals surface area contributed by atoms with Crippen molar-refractivity contribution in [1.82, 2.24) is 19.7 Å². The zero-order valence-electron chi connectivity index (χ0n) is 10.7. The van der Waals surface area contributed by atoms with E-state index in [9.17, 15) is 5.11 Å². The summed E-state index contributed by atoms with van der Waals surface area (Å²) in [6.07, 6.45) is 3.91. The number of piperidine rings is 1. The molecule has 1 saturated heterocycles. The van der Waals surface area contributed by atoms with Gasteiger partial charge >= 0.3 is 0 Å². The minimum Gasteiger partial charge on any atom is -0.392 e. The Hall–Kier alpha value is -0.940. The van der Waals surface area contributed by atoms with E-state index >= 15 is 0 Å². The van der Waals surface area contributed by atoms with Gasteiger partial charge in [0, 0.05) is 25.6 Å². The molecule has 0 aliphatic carbocycles. The minimum absolute atomic E-state index is 0.252. The maximum Gasteiger partial charge on any atom is 0.137 e. The fourth-order valence-corrected chi connectivity index (χ4v) is 2.63. The van der Waals surface area contributed by atoms with Crippen LogP contribution in [0.5, 0.6) is 0 Å². The van der Waals surface area contributed by atoms with Gasteiger partial charge in [0.1, 0.15) is 12.2 Å². The summed E-state index contributed by atoms with van der Waals surface area (Å²) >= 11 is 0. The molecule has 0 saturated carbocycles. The largest absolute Gasteiger partial charge is 0.392 e. The van der Waals surface area contributed by atoms with Crippen molar-refractivity contribution in [1.29, 1.82) is 0 Å². The molecule has 0 unspecified atom stereocenters. The van der Waals surface area contributed by atoms with Crippen molar-refractivity contribution < 1.29 is 5.11 Å². The molecule has 96 valence electrons. The number of aliphatic hydroxyl groups excluding tert-OH is 1. The van der Waals surface area contributed by atoms with Crippen molar-refractivity contribution in [3.05, 3.63) is 12.2 Å². The number of hydrogen-bond acceptors (Lipinski definition) is 4.